The van der Waals surface area contributed by atoms with Crippen LogP contribution in [0.4, 0.5) is 11.5 Å². The molecule has 0 atom stereocenters. The first kappa shape index (κ1) is 12.6. The molecule has 0 bridgehead atoms. The molecule has 4 heteroatoms. The minimum atomic E-state index is 0.388. The van der Waals surface area contributed by atoms with Gasteiger partial charge < -0.3 is 11.1 Å². The summed E-state index contributed by atoms with van der Waals surface area (Å²) in [5.41, 5.74) is 7.81. The number of aryl methyl sites for hydroxylation is 1. The molecule has 1 heterocycles. The Kier molecular flexibility index (Phi) is 3.82. The van der Waals surface area contributed by atoms with Crippen LogP contribution < -0.4 is 11.1 Å². The number of aromatic nitrogens is 1. The van der Waals surface area contributed by atoms with Crippen LogP contribution >= 0.6 is 11.8 Å². The molecular weight excluding hydrogens is 230 g/mol. The second-order valence-corrected chi connectivity index (χ2v) is 6.17. The van der Waals surface area contributed by atoms with Crippen molar-refractivity contribution in [3.8, 4) is 0 Å². The zero-order chi connectivity index (χ0) is 12.3. The molecule has 1 aliphatic rings. The fourth-order valence-corrected chi connectivity index (χ4v) is 3.37. The van der Waals surface area contributed by atoms with Crippen molar-refractivity contribution < 1.29 is 0 Å². The monoisotopic (exact) mass is 251 g/mol. The highest BCUT2D eigenvalue weighted by Crippen LogP contribution is 2.40. The smallest absolute Gasteiger partial charge is 0.149 e. The van der Waals surface area contributed by atoms with Gasteiger partial charge in [-0.2, -0.15) is 11.8 Å². The van der Waals surface area contributed by atoms with E-state index >= 15 is 0 Å². The Balaban J connectivity index is 2.01. The average molecular weight is 251 g/mol. The molecule has 0 amide bonds. The number of nitrogens with one attached hydrogen (secondary N) is 1. The van der Waals surface area contributed by atoms with Crippen LogP contribution in [-0.4, -0.2) is 22.5 Å². The number of hydrogen-bond acceptors (Lipinski definition) is 4. The molecule has 1 aromatic rings. The van der Waals surface area contributed by atoms with E-state index in [2.05, 4.69) is 16.6 Å². The molecule has 94 valence electrons. The van der Waals surface area contributed by atoms with Crippen molar-refractivity contribution in [3.05, 3.63) is 17.8 Å². The Morgan fingerprint density at radius 2 is 2.18 bits per heavy atom. The molecule has 1 aromatic heterocycles. The Morgan fingerprint density at radius 3 is 2.76 bits per heavy atom. The van der Waals surface area contributed by atoms with Gasteiger partial charge in [0.25, 0.3) is 0 Å². The van der Waals surface area contributed by atoms with Crippen molar-refractivity contribution in [2.45, 2.75) is 37.4 Å². The summed E-state index contributed by atoms with van der Waals surface area (Å²) in [6, 6.07) is 1.97. The van der Waals surface area contributed by atoms with Crippen LogP contribution in [0.5, 0.6) is 0 Å². The molecular formula is C13H21N3S. The summed E-state index contributed by atoms with van der Waals surface area (Å²) < 4.78 is 0.388. The lowest BCUT2D eigenvalue weighted by Crippen LogP contribution is -2.30. The van der Waals surface area contributed by atoms with Crippen LogP contribution in [-0.2, 0) is 0 Å². The molecule has 0 aliphatic heterocycles. The maximum Gasteiger partial charge on any atom is 0.149 e. The summed E-state index contributed by atoms with van der Waals surface area (Å²) in [7, 11) is 0. The number of pyridine rings is 1. The summed E-state index contributed by atoms with van der Waals surface area (Å²) in [4.78, 5) is 4.36. The summed E-state index contributed by atoms with van der Waals surface area (Å²) in [5.74, 6) is 0.830. The van der Waals surface area contributed by atoms with E-state index in [1.807, 2.05) is 30.9 Å². The lowest BCUT2D eigenvalue weighted by atomic mass is 10.1. The third kappa shape index (κ3) is 2.86. The highest BCUT2D eigenvalue weighted by molar-refractivity contribution is 8.00. The van der Waals surface area contributed by atoms with Crippen molar-refractivity contribution in [2.75, 3.05) is 23.9 Å². The number of nitrogens with two attached hydrogens (primary N) is 1. The molecule has 0 aromatic carbocycles. The van der Waals surface area contributed by atoms with Crippen molar-refractivity contribution in [3.63, 3.8) is 0 Å². The number of nitrogens with zero attached hydrogens (tertiary/aromatic N) is 1. The zero-order valence-corrected chi connectivity index (χ0v) is 11.4. The summed E-state index contributed by atoms with van der Waals surface area (Å²) in [6.45, 7) is 2.97. The Morgan fingerprint density at radius 1 is 1.47 bits per heavy atom. The molecule has 17 heavy (non-hydrogen) atoms. The summed E-state index contributed by atoms with van der Waals surface area (Å²) in [5, 5.41) is 3.42. The first-order valence-corrected chi connectivity index (χ1v) is 7.39. The van der Waals surface area contributed by atoms with E-state index in [1.165, 1.54) is 25.7 Å². The van der Waals surface area contributed by atoms with Gasteiger partial charge >= 0.3 is 0 Å². The second kappa shape index (κ2) is 5.17. The van der Waals surface area contributed by atoms with E-state index in [0.29, 0.717) is 4.75 Å². The lowest BCUT2D eigenvalue weighted by Gasteiger charge is -2.27. The number of hydrogen-bond donors (Lipinski definition) is 2. The quantitative estimate of drug-likeness (QED) is 0.863. The van der Waals surface area contributed by atoms with Crippen molar-refractivity contribution in [2.24, 2.45) is 0 Å². The third-order valence-electron chi connectivity index (χ3n) is 3.58. The molecule has 0 spiro atoms. The first-order chi connectivity index (χ1) is 8.15. The van der Waals surface area contributed by atoms with E-state index < -0.39 is 0 Å². The molecule has 3 nitrogen and oxygen atoms in total. The fraction of sp³-hybridized carbons (Fsp3) is 0.615. The minimum absolute atomic E-state index is 0.388. The van der Waals surface area contributed by atoms with Gasteiger partial charge in [0, 0.05) is 17.5 Å². The van der Waals surface area contributed by atoms with Gasteiger partial charge in [0.15, 0.2) is 0 Å². The fourth-order valence-electron chi connectivity index (χ4n) is 2.46. The van der Waals surface area contributed by atoms with Gasteiger partial charge in [-0.15, -0.1) is 0 Å². The highest BCUT2D eigenvalue weighted by Gasteiger charge is 2.32. The van der Waals surface area contributed by atoms with Gasteiger partial charge in [0.1, 0.15) is 5.82 Å². The van der Waals surface area contributed by atoms with Crippen LogP contribution in [0, 0.1) is 6.92 Å². The predicted octanol–water partition coefficient (Wildman–Crippen LogP) is 3.06. The molecule has 3 N–H and O–H groups in total. The molecule has 1 saturated carbocycles. The van der Waals surface area contributed by atoms with Gasteiger partial charge in [-0.1, -0.05) is 12.8 Å². The van der Waals surface area contributed by atoms with E-state index in [-0.39, 0.29) is 0 Å². The van der Waals surface area contributed by atoms with Crippen molar-refractivity contribution >= 4 is 23.3 Å². The maximum atomic E-state index is 5.96. The van der Waals surface area contributed by atoms with Gasteiger partial charge in [-0.25, -0.2) is 4.98 Å². The Hall–Kier alpha value is -0.900. The highest BCUT2D eigenvalue weighted by atomic mass is 32.2. The molecule has 2 rings (SSSR count). The number of anilines is 2. The standard InChI is InChI=1S/C13H21N3S/c1-10-7-11(14)12(15-8-10)16-9-13(17-2)5-3-4-6-13/h7-8H,3-6,9,14H2,1-2H3,(H,15,16). The van der Waals surface area contributed by atoms with E-state index in [1.54, 1.807) is 0 Å². The molecule has 0 unspecified atom stereocenters. The molecule has 1 aliphatic carbocycles. The lowest BCUT2D eigenvalue weighted by molar-refractivity contribution is 0.639. The Labute approximate surface area is 108 Å². The van der Waals surface area contributed by atoms with Gasteiger partial charge in [-0.3, -0.25) is 0 Å². The normalized spacial score (nSPS) is 18.2. The molecule has 1 fully saturated rings. The van der Waals surface area contributed by atoms with Gasteiger partial charge in [-0.05, 0) is 37.7 Å². The Bertz CT molecular complexity index is 386. The summed E-state index contributed by atoms with van der Waals surface area (Å²) >= 11 is 1.98. The van der Waals surface area contributed by atoms with Crippen LogP contribution in [0.1, 0.15) is 31.2 Å². The van der Waals surface area contributed by atoms with Crippen LogP contribution in [0.3, 0.4) is 0 Å². The second-order valence-electron chi connectivity index (χ2n) is 4.90. The molecule has 0 saturated heterocycles. The van der Waals surface area contributed by atoms with E-state index in [0.717, 1.165) is 23.6 Å². The van der Waals surface area contributed by atoms with Crippen LogP contribution in [0.2, 0.25) is 0 Å². The zero-order valence-electron chi connectivity index (χ0n) is 10.6. The number of nitrogen functional groups attached to an aromatic ring is 1. The van der Waals surface area contributed by atoms with Crippen molar-refractivity contribution in [1.82, 2.24) is 4.98 Å². The van der Waals surface area contributed by atoms with Crippen LogP contribution in [0.25, 0.3) is 0 Å². The van der Waals surface area contributed by atoms with Crippen molar-refractivity contribution in [1.29, 1.82) is 0 Å². The van der Waals surface area contributed by atoms with Gasteiger partial charge in [0.2, 0.25) is 0 Å². The molecule has 0 radical (unpaired) electrons. The summed E-state index contributed by atoms with van der Waals surface area (Å²) in [6.07, 6.45) is 9.36. The minimum Gasteiger partial charge on any atom is -0.396 e. The predicted molar refractivity (Wildman–Crippen MR) is 76.6 cm³/mol. The average Bonchev–Trinajstić information content (AvgIpc) is 2.77. The van der Waals surface area contributed by atoms with E-state index in [4.69, 9.17) is 5.73 Å². The van der Waals surface area contributed by atoms with E-state index in [9.17, 15) is 0 Å². The largest absolute Gasteiger partial charge is 0.396 e. The van der Waals surface area contributed by atoms with Gasteiger partial charge in [0.05, 0.1) is 5.69 Å². The van der Waals surface area contributed by atoms with Crippen LogP contribution in [0.15, 0.2) is 12.3 Å². The SMILES string of the molecule is CSC1(CNc2ncc(C)cc2N)CCCC1. The maximum absolute atomic E-state index is 5.96. The number of rotatable bonds is 4. The number of thioether (sulfide) groups is 1. The third-order valence-corrected chi connectivity index (χ3v) is 5.00. The topological polar surface area (TPSA) is 50.9 Å². The first-order valence-electron chi connectivity index (χ1n) is 6.16.